The molecule has 0 fully saturated rings. The standard InChI is InChI=1S/C14H18O2/c1-3-5-8-11-16-14-10-7-6-9-12(14)13(15)4-2/h1,6-7,9-10,13,15H,4-5,8,11H2,2H3. The third-order valence-corrected chi connectivity index (χ3v) is 2.39. The van der Waals surface area contributed by atoms with E-state index in [0.717, 1.165) is 24.2 Å². The van der Waals surface area contributed by atoms with Gasteiger partial charge in [-0.1, -0.05) is 25.1 Å². The normalized spacial score (nSPS) is 11.8. The molecule has 1 aromatic rings. The summed E-state index contributed by atoms with van der Waals surface area (Å²) in [4.78, 5) is 0. The molecule has 0 amide bonds. The van der Waals surface area contributed by atoms with Crippen LogP contribution in [0, 0.1) is 12.3 Å². The molecular weight excluding hydrogens is 200 g/mol. The number of hydrogen-bond donors (Lipinski definition) is 1. The van der Waals surface area contributed by atoms with Crippen molar-refractivity contribution in [2.75, 3.05) is 6.61 Å². The van der Waals surface area contributed by atoms with Crippen LogP contribution in [0.3, 0.4) is 0 Å². The molecule has 1 aromatic carbocycles. The van der Waals surface area contributed by atoms with Gasteiger partial charge in [0.15, 0.2) is 0 Å². The van der Waals surface area contributed by atoms with E-state index < -0.39 is 6.10 Å². The molecule has 0 bridgehead atoms. The van der Waals surface area contributed by atoms with Crippen LogP contribution in [0.4, 0.5) is 0 Å². The second-order valence-electron chi connectivity index (χ2n) is 3.62. The van der Waals surface area contributed by atoms with Crippen LogP contribution in [0.25, 0.3) is 0 Å². The average molecular weight is 218 g/mol. The summed E-state index contributed by atoms with van der Waals surface area (Å²) >= 11 is 0. The van der Waals surface area contributed by atoms with Gasteiger partial charge in [-0.25, -0.2) is 0 Å². The van der Waals surface area contributed by atoms with Crippen LogP contribution >= 0.6 is 0 Å². The highest BCUT2D eigenvalue weighted by atomic mass is 16.5. The Morgan fingerprint density at radius 2 is 2.19 bits per heavy atom. The monoisotopic (exact) mass is 218 g/mol. The fraction of sp³-hybridized carbons (Fsp3) is 0.429. The fourth-order valence-corrected chi connectivity index (χ4v) is 1.46. The van der Waals surface area contributed by atoms with Crippen LogP contribution < -0.4 is 4.74 Å². The summed E-state index contributed by atoms with van der Waals surface area (Å²) in [7, 11) is 0. The predicted molar refractivity (Wildman–Crippen MR) is 65.3 cm³/mol. The van der Waals surface area contributed by atoms with E-state index in [9.17, 15) is 5.11 Å². The van der Waals surface area contributed by atoms with E-state index in [2.05, 4.69) is 5.92 Å². The number of benzene rings is 1. The smallest absolute Gasteiger partial charge is 0.125 e. The van der Waals surface area contributed by atoms with Crippen molar-refractivity contribution >= 4 is 0 Å². The van der Waals surface area contributed by atoms with Gasteiger partial charge in [0, 0.05) is 12.0 Å². The number of hydrogen-bond acceptors (Lipinski definition) is 2. The Hall–Kier alpha value is -1.46. The summed E-state index contributed by atoms with van der Waals surface area (Å²) in [5.41, 5.74) is 0.853. The quantitative estimate of drug-likeness (QED) is 0.587. The lowest BCUT2D eigenvalue weighted by Crippen LogP contribution is -2.03. The zero-order valence-electron chi connectivity index (χ0n) is 9.65. The van der Waals surface area contributed by atoms with E-state index in [0.29, 0.717) is 13.0 Å². The van der Waals surface area contributed by atoms with Crippen LogP contribution in [0.5, 0.6) is 5.75 Å². The maximum atomic E-state index is 9.80. The first-order chi connectivity index (χ1) is 7.79. The summed E-state index contributed by atoms with van der Waals surface area (Å²) in [5, 5.41) is 9.80. The third kappa shape index (κ3) is 3.60. The molecule has 0 aliphatic carbocycles. The van der Waals surface area contributed by atoms with E-state index in [1.807, 2.05) is 31.2 Å². The van der Waals surface area contributed by atoms with Gasteiger partial charge in [-0.15, -0.1) is 12.3 Å². The largest absolute Gasteiger partial charge is 0.493 e. The zero-order valence-corrected chi connectivity index (χ0v) is 9.65. The highest BCUT2D eigenvalue weighted by Gasteiger charge is 2.10. The minimum atomic E-state index is -0.455. The Morgan fingerprint density at radius 3 is 2.88 bits per heavy atom. The second kappa shape index (κ2) is 6.92. The van der Waals surface area contributed by atoms with Gasteiger partial charge >= 0.3 is 0 Å². The molecule has 2 heteroatoms. The molecule has 86 valence electrons. The molecule has 0 spiro atoms. The van der Waals surface area contributed by atoms with E-state index in [1.165, 1.54) is 0 Å². The molecule has 0 saturated carbocycles. The number of aliphatic hydroxyl groups is 1. The molecule has 1 unspecified atom stereocenters. The van der Waals surface area contributed by atoms with Gasteiger partial charge in [-0.05, 0) is 18.9 Å². The van der Waals surface area contributed by atoms with Crippen molar-refractivity contribution in [1.29, 1.82) is 0 Å². The number of ether oxygens (including phenoxy) is 1. The molecule has 1 rings (SSSR count). The van der Waals surface area contributed by atoms with Crippen molar-refractivity contribution in [2.24, 2.45) is 0 Å². The maximum absolute atomic E-state index is 9.80. The molecule has 0 aromatic heterocycles. The van der Waals surface area contributed by atoms with E-state index in [4.69, 9.17) is 11.2 Å². The first-order valence-electron chi connectivity index (χ1n) is 5.62. The SMILES string of the molecule is C#CCCCOc1ccccc1C(O)CC. The van der Waals surface area contributed by atoms with Gasteiger partial charge in [-0.2, -0.15) is 0 Å². The summed E-state index contributed by atoms with van der Waals surface area (Å²) in [6, 6.07) is 7.58. The summed E-state index contributed by atoms with van der Waals surface area (Å²) in [6.45, 7) is 2.54. The summed E-state index contributed by atoms with van der Waals surface area (Å²) < 4.78 is 5.61. The number of rotatable bonds is 6. The number of unbranched alkanes of at least 4 members (excludes halogenated alkanes) is 1. The van der Waals surface area contributed by atoms with E-state index in [1.54, 1.807) is 0 Å². The molecule has 0 saturated heterocycles. The van der Waals surface area contributed by atoms with Gasteiger partial charge in [0.05, 0.1) is 12.7 Å². The molecule has 0 radical (unpaired) electrons. The number of aliphatic hydroxyl groups excluding tert-OH is 1. The summed E-state index contributed by atoms with van der Waals surface area (Å²) in [5.74, 6) is 3.33. The highest BCUT2D eigenvalue weighted by molar-refractivity contribution is 5.34. The van der Waals surface area contributed by atoms with E-state index in [-0.39, 0.29) is 0 Å². The van der Waals surface area contributed by atoms with Gasteiger partial charge in [0.1, 0.15) is 5.75 Å². The Kier molecular flexibility index (Phi) is 5.45. The van der Waals surface area contributed by atoms with Crippen LogP contribution in [-0.4, -0.2) is 11.7 Å². The third-order valence-electron chi connectivity index (χ3n) is 2.39. The Bertz CT molecular complexity index is 352. The molecule has 0 aliphatic rings. The van der Waals surface area contributed by atoms with Crippen LogP contribution in [0.15, 0.2) is 24.3 Å². The average Bonchev–Trinajstić information content (AvgIpc) is 2.34. The Labute approximate surface area is 97.3 Å². The van der Waals surface area contributed by atoms with Crippen molar-refractivity contribution in [1.82, 2.24) is 0 Å². The van der Waals surface area contributed by atoms with Crippen LogP contribution in [0.2, 0.25) is 0 Å². The highest BCUT2D eigenvalue weighted by Crippen LogP contribution is 2.26. The van der Waals surface area contributed by atoms with Gasteiger partial charge in [0.2, 0.25) is 0 Å². The van der Waals surface area contributed by atoms with Crippen molar-refractivity contribution in [3.8, 4) is 18.1 Å². The minimum Gasteiger partial charge on any atom is -0.493 e. The Balaban J connectivity index is 2.61. The molecular formula is C14H18O2. The lowest BCUT2D eigenvalue weighted by molar-refractivity contribution is 0.167. The van der Waals surface area contributed by atoms with Crippen molar-refractivity contribution < 1.29 is 9.84 Å². The van der Waals surface area contributed by atoms with Crippen molar-refractivity contribution in [3.63, 3.8) is 0 Å². The van der Waals surface area contributed by atoms with Crippen LogP contribution in [0.1, 0.15) is 37.9 Å². The zero-order chi connectivity index (χ0) is 11.8. The first-order valence-corrected chi connectivity index (χ1v) is 5.62. The van der Waals surface area contributed by atoms with Gasteiger partial charge < -0.3 is 9.84 Å². The number of para-hydroxylation sites is 1. The predicted octanol–water partition coefficient (Wildman–Crippen LogP) is 2.92. The molecule has 0 heterocycles. The lowest BCUT2D eigenvalue weighted by Gasteiger charge is -2.14. The first kappa shape index (κ1) is 12.6. The molecule has 16 heavy (non-hydrogen) atoms. The molecule has 1 N–H and O–H groups in total. The topological polar surface area (TPSA) is 29.5 Å². The van der Waals surface area contributed by atoms with Crippen molar-refractivity contribution in [3.05, 3.63) is 29.8 Å². The maximum Gasteiger partial charge on any atom is 0.125 e. The summed E-state index contributed by atoms with van der Waals surface area (Å²) in [6.07, 6.45) is 6.95. The second-order valence-corrected chi connectivity index (χ2v) is 3.62. The van der Waals surface area contributed by atoms with Crippen LogP contribution in [-0.2, 0) is 0 Å². The molecule has 2 nitrogen and oxygen atoms in total. The van der Waals surface area contributed by atoms with Gasteiger partial charge in [0.25, 0.3) is 0 Å². The molecule has 1 atom stereocenters. The molecule has 0 aliphatic heterocycles. The van der Waals surface area contributed by atoms with E-state index >= 15 is 0 Å². The van der Waals surface area contributed by atoms with Crippen molar-refractivity contribution in [2.45, 2.75) is 32.3 Å². The Morgan fingerprint density at radius 1 is 1.44 bits per heavy atom. The fourth-order valence-electron chi connectivity index (χ4n) is 1.46. The minimum absolute atomic E-state index is 0.455. The lowest BCUT2D eigenvalue weighted by atomic mass is 10.1. The van der Waals surface area contributed by atoms with Gasteiger partial charge in [-0.3, -0.25) is 0 Å². The number of terminal acetylenes is 1.